The number of nitro groups is 1. The van der Waals surface area contributed by atoms with Crippen LogP contribution in [0.2, 0.25) is 0 Å². The van der Waals surface area contributed by atoms with E-state index < -0.39 is 4.92 Å². The normalized spacial score (nSPS) is 14.8. The molecule has 0 bridgehead atoms. The number of carbonyl (C=O) groups excluding carboxylic acids is 1. The van der Waals surface area contributed by atoms with Crippen molar-refractivity contribution in [2.24, 2.45) is 0 Å². The number of amides is 1. The van der Waals surface area contributed by atoms with Crippen LogP contribution < -0.4 is 4.90 Å². The summed E-state index contributed by atoms with van der Waals surface area (Å²) in [6, 6.07) is 10.3. The van der Waals surface area contributed by atoms with Crippen LogP contribution >= 0.6 is 0 Å². The summed E-state index contributed by atoms with van der Waals surface area (Å²) in [6.07, 6.45) is 1.78. The molecule has 142 valence electrons. The van der Waals surface area contributed by atoms with E-state index in [4.69, 9.17) is 0 Å². The first kappa shape index (κ1) is 18.8. The monoisotopic (exact) mass is 369 g/mol. The highest BCUT2D eigenvalue weighted by molar-refractivity contribution is 6.00. The SMILES string of the molecule is CN(C)c1ccc([N+](=O)[O-])cc1C(=O)N1CCN(Cc2ccccn2)CC1. The van der Waals surface area contributed by atoms with Gasteiger partial charge >= 0.3 is 0 Å². The Hall–Kier alpha value is -3.00. The highest BCUT2D eigenvalue weighted by Gasteiger charge is 2.26. The average molecular weight is 369 g/mol. The van der Waals surface area contributed by atoms with Gasteiger partial charge in [0.05, 0.1) is 16.2 Å². The first-order valence-corrected chi connectivity index (χ1v) is 8.83. The fourth-order valence-corrected chi connectivity index (χ4v) is 3.20. The van der Waals surface area contributed by atoms with Crippen LogP contribution in [0.5, 0.6) is 0 Å². The van der Waals surface area contributed by atoms with Crippen molar-refractivity contribution in [3.63, 3.8) is 0 Å². The molecule has 1 saturated heterocycles. The van der Waals surface area contributed by atoms with E-state index in [1.165, 1.54) is 12.1 Å². The number of nitro benzene ring substituents is 1. The molecule has 0 aliphatic carbocycles. The van der Waals surface area contributed by atoms with E-state index >= 15 is 0 Å². The fourth-order valence-electron chi connectivity index (χ4n) is 3.20. The molecular formula is C19H23N5O3. The van der Waals surface area contributed by atoms with Crippen LogP contribution in [0.3, 0.4) is 0 Å². The van der Waals surface area contributed by atoms with Crippen LogP contribution in [0.1, 0.15) is 16.1 Å². The quantitative estimate of drug-likeness (QED) is 0.592. The van der Waals surface area contributed by atoms with Crippen LogP contribution in [0.15, 0.2) is 42.6 Å². The molecule has 1 aliphatic heterocycles. The molecule has 1 aromatic heterocycles. The molecule has 1 aliphatic rings. The molecule has 1 amide bonds. The molecule has 8 heteroatoms. The predicted octanol–water partition coefficient (Wildman–Crippen LogP) is 2.01. The summed E-state index contributed by atoms with van der Waals surface area (Å²) in [5.41, 5.74) is 1.98. The van der Waals surface area contributed by atoms with Crippen molar-refractivity contribution in [1.82, 2.24) is 14.8 Å². The number of benzene rings is 1. The minimum absolute atomic E-state index is 0.0715. The Kier molecular flexibility index (Phi) is 5.66. The number of aromatic nitrogens is 1. The lowest BCUT2D eigenvalue weighted by molar-refractivity contribution is -0.384. The Morgan fingerprint density at radius 1 is 1.19 bits per heavy atom. The van der Waals surface area contributed by atoms with Crippen molar-refractivity contribution in [2.45, 2.75) is 6.54 Å². The summed E-state index contributed by atoms with van der Waals surface area (Å²) in [7, 11) is 3.64. The summed E-state index contributed by atoms with van der Waals surface area (Å²) >= 11 is 0. The van der Waals surface area contributed by atoms with E-state index in [1.54, 1.807) is 22.1 Å². The maximum absolute atomic E-state index is 13.0. The van der Waals surface area contributed by atoms with Crippen LogP contribution in [-0.2, 0) is 6.54 Å². The van der Waals surface area contributed by atoms with Crippen LogP contribution in [-0.4, -0.2) is 65.9 Å². The third kappa shape index (κ3) is 4.40. The molecule has 0 saturated carbocycles. The maximum Gasteiger partial charge on any atom is 0.270 e. The van der Waals surface area contributed by atoms with Crippen molar-refractivity contribution in [3.05, 3.63) is 64.0 Å². The zero-order valence-corrected chi connectivity index (χ0v) is 15.5. The minimum Gasteiger partial charge on any atom is -0.377 e. The number of non-ortho nitro benzene ring substituents is 1. The molecule has 2 aromatic rings. The molecular weight excluding hydrogens is 346 g/mol. The van der Waals surface area contributed by atoms with E-state index in [0.717, 1.165) is 25.3 Å². The van der Waals surface area contributed by atoms with E-state index in [-0.39, 0.29) is 11.6 Å². The summed E-state index contributed by atoms with van der Waals surface area (Å²) in [4.78, 5) is 33.8. The first-order chi connectivity index (χ1) is 13.0. The number of nitrogens with zero attached hydrogens (tertiary/aromatic N) is 5. The highest BCUT2D eigenvalue weighted by Crippen LogP contribution is 2.26. The van der Waals surface area contributed by atoms with Crippen molar-refractivity contribution >= 4 is 17.3 Å². The summed E-state index contributed by atoms with van der Waals surface area (Å²) in [5, 5.41) is 11.1. The van der Waals surface area contributed by atoms with Crippen molar-refractivity contribution in [2.75, 3.05) is 45.2 Å². The van der Waals surface area contributed by atoms with Crippen molar-refractivity contribution in [3.8, 4) is 0 Å². The van der Waals surface area contributed by atoms with E-state index in [9.17, 15) is 14.9 Å². The van der Waals surface area contributed by atoms with Crippen LogP contribution in [0.25, 0.3) is 0 Å². The zero-order valence-electron chi connectivity index (χ0n) is 15.5. The molecule has 0 N–H and O–H groups in total. The molecule has 8 nitrogen and oxygen atoms in total. The van der Waals surface area contributed by atoms with Gasteiger partial charge in [-0.1, -0.05) is 6.07 Å². The Bertz CT molecular complexity index is 817. The van der Waals surface area contributed by atoms with Gasteiger partial charge in [-0.05, 0) is 18.2 Å². The van der Waals surface area contributed by atoms with Crippen LogP contribution in [0, 0.1) is 10.1 Å². The standard InChI is InChI=1S/C19H23N5O3/c1-21(2)18-7-6-16(24(26)27)13-17(18)19(25)23-11-9-22(10-12-23)14-15-5-3-4-8-20-15/h3-8,13H,9-12,14H2,1-2H3. The first-order valence-electron chi connectivity index (χ1n) is 8.83. The van der Waals surface area contributed by atoms with Gasteiger partial charge in [-0.3, -0.25) is 24.8 Å². The second-order valence-electron chi connectivity index (χ2n) is 6.74. The van der Waals surface area contributed by atoms with E-state index in [0.29, 0.717) is 24.3 Å². The summed E-state index contributed by atoms with van der Waals surface area (Å²) < 4.78 is 0. The number of hydrogen-bond acceptors (Lipinski definition) is 6. The lowest BCUT2D eigenvalue weighted by atomic mass is 10.1. The van der Waals surface area contributed by atoms with Gasteiger partial charge in [-0.25, -0.2) is 0 Å². The average Bonchev–Trinajstić information content (AvgIpc) is 2.68. The summed E-state index contributed by atoms with van der Waals surface area (Å²) in [5.74, 6) is -0.167. The molecule has 0 atom stereocenters. The van der Waals surface area contributed by atoms with Gasteiger partial charge in [0.25, 0.3) is 11.6 Å². The number of piperazine rings is 1. The Balaban J connectivity index is 1.70. The number of carbonyl (C=O) groups is 1. The smallest absolute Gasteiger partial charge is 0.270 e. The second-order valence-corrected chi connectivity index (χ2v) is 6.74. The third-order valence-corrected chi connectivity index (χ3v) is 4.67. The molecule has 0 spiro atoms. The molecule has 2 heterocycles. The number of pyridine rings is 1. The molecule has 0 unspecified atom stereocenters. The predicted molar refractivity (Wildman–Crippen MR) is 103 cm³/mol. The lowest BCUT2D eigenvalue weighted by Gasteiger charge is -2.35. The summed E-state index contributed by atoms with van der Waals surface area (Å²) in [6.45, 7) is 3.41. The van der Waals surface area contributed by atoms with Crippen molar-refractivity contribution in [1.29, 1.82) is 0 Å². The van der Waals surface area contributed by atoms with E-state index in [2.05, 4.69) is 9.88 Å². The number of hydrogen-bond donors (Lipinski definition) is 0. The molecule has 1 aromatic carbocycles. The van der Waals surface area contributed by atoms with Crippen LogP contribution in [0.4, 0.5) is 11.4 Å². The molecule has 27 heavy (non-hydrogen) atoms. The Labute approximate surface area is 158 Å². The molecule has 1 fully saturated rings. The van der Waals surface area contributed by atoms with Gasteiger partial charge in [-0.2, -0.15) is 0 Å². The largest absolute Gasteiger partial charge is 0.377 e. The molecule has 3 rings (SSSR count). The molecule has 0 radical (unpaired) electrons. The number of anilines is 1. The number of rotatable bonds is 5. The van der Waals surface area contributed by atoms with Crippen molar-refractivity contribution < 1.29 is 9.72 Å². The van der Waals surface area contributed by atoms with E-state index in [1.807, 2.05) is 32.3 Å². The Morgan fingerprint density at radius 3 is 2.52 bits per heavy atom. The fraction of sp³-hybridized carbons (Fsp3) is 0.368. The van der Waals surface area contributed by atoms with Gasteiger partial charge in [0, 0.05) is 70.8 Å². The van der Waals surface area contributed by atoms with Gasteiger partial charge < -0.3 is 9.80 Å². The second kappa shape index (κ2) is 8.13. The third-order valence-electron chi connectivity index (χ3n) is 4.67. The zero-order chi connectivity index (χ0) is 19.4. The van der Waals surface area contributed by atoms with Gasteiger partial charge in [0.15, 0.2) is 0 Å². The lowest BCUT2D eigenvalue weighted by Crippen LogP contribution is -2.48. The topological polar surface area (TPSA) is 82.8 Å². The van der Waals surface area contributed by atoms with Gasteiger partial charge in [0.1, 0.15) is 0 Å². The van der Waals surface area contributed by atoms with Gasteiger partial charge in [-0.15, -0.1) is 0 Å². The maximum atomic E-state index is 13.0. The highest BCUT2D eigenvalue weighted by atomic mass is 16.6. The Morgan fingerprint density at radius 2 is 1.93 bits per heavy atom. The van der Waals surface area contributed by atoms with Gasteiger partial charge in [0.2, 0.25) is 0 Å². The minimum atomic E-state index is -0.471.